The van der Waals surface area contributed by atoms with E-state index in [4.69, 9.17) is 0 Å². The number of hydrogen-bond acceptors (Lipinski definition) is 3. The van der Waals surface area contributed by atoms with E-state index in [1.165, 1.54) is 0 Å². The molecule has 0 saturated carbocycles. The van der Waals surface area contributed by atoms with Crippen molar-refractivity contribution in [2.24, 2.45) is 5.92 Å². The highest BCUT2D eigenvalue weighted by atomic mass is 16.3. The fourth-order valence-electron chi connectivity index (χ4n) is 0.813. The smallest absolute Gasteiger partial charge is 0.221 e. The second-order valence-corrected chi connectivity index (χ2v) is 3.44. The van der Waals surface area contributed by atoms with E-state index in [0.717, 1.165) is 0 Å². The maximum absolute atomic E-state index is 10.8. The average Bonchev–Trinajstić information content (AvgIpc) is 2.11. The van der Waals surface area contributed by atoms with Gasteiger partial charge in [-0.2, -0.15) is 0 Å². The number of carbonyl (C=O) groups excluding carboxylic acids is 1. The number of nitrogens with one attached hydrogen (secondary N) is 2. The van der Waals surface area contributed by atoms with Gasteiger partial charge in [-0.3, -0.25) is 4.79 Å². The van der Waals surface area contributed by atoms with Crippen molar-refractivity contribution in [3.8, 4) is 0 Å². The summed E-state index contributed by atoms with van der Waals surface area (Å²) in [4.78, 5) is 10.8. The molecule has 0 aliphatic carbocycles. The lowest BCUT2D eigenvalue weighted by Crippen LogP contribution is -2.33. The molecule has 0 bridgehead atoms. The molecule has 78 valence electrons. The molecule has 0 spiro atoms. The van der Waals surface area contributed by atoms with Gasteiger partial charge >= 0.3 is 0 Å². The van der Waals surface area contributed by atoms with Crippen molar-refractivity contribution >= 4 is 5.91 Å². The molecule has 0 saturated heterocycles. The first kappa shape index (κ1) is 12.4. The van der Waals surface area contributed by atoms with E-state index in [0.29, 0.717) is 19.5 Å². The molecule has 0 aliphatic rings. The molecule has 1 atom stereocenters. The lowest BCUT2D eigenvalue weighted by atomic mass is 10.1. The van der Waals surface area contributed by atoms with Crippen LogP contribution in [0.4, 0.5) is 0 Å². The van der Waals surface area contributed by atoms with Crippen LogP contribution in [0.2, 0.25) is 0 Å². The number of hydrogen-bond donors (Lipinski definition) is 3. The SMILES string of the molecule is CNC(=O)CCNCC(O)C(C)C. The van der Waals surface area contributed by atoms with Gasteiger partial charge in [-0.1, -0.05) is 13.8 Å². The van der Waals surface area contributed by atoms with Gasteiger partial charge in [0.25, 0.3) is 0 Å². The van der Waals surface area contributed by atoms with Crippen molar-refractivity contribution in [2.75, 3.05) is 20.1 Å². The Hall–Kier alpha value is -0.610. The van der Waals surface area contributed by atoms with Crippen LogP contribution in [-0.2, 0) is 4.79 Å². The largest absolute Gasteiger partial charge is 0.392 e. The molecule has 1 unspecified atom stereocenters. The number of aliphatic hydroxyl groups is 1. The summed E-state index contributed by atoms with van der Waals surface area (Å²) in [5.74, 6) is 0.277. The summed E-state index contributed by atoms with van der Waals surface area (Å²) in [6.45, 7) is 5.09. The van der Waals surface area contributed by atoms with Crippen molar-refractivity contribution in [2.45, 2.75) is 26.4 Å². The normalized spacial score (nSPS) is 13.0. The van der Waals surface area contributed by atoms with Gasteiger partial charge in [-0.15, -0.1) is 0 Å². The summed E-state index contributed by atoms with van der Waals surface area (Å²) < 4.78 is 0. The lowest BCUT2D eigenvalue weighted by Gasteiger charge is -2.14. The molecule has 0 fully saturated rings. The highest BCUT2D eigenvalue weighted by molar-refractivity contribution is 5.75. The van der Waals surface area contributed by atoms with E-state index in [-0.39, 0.29) is 17.9 Å². The summed E-state index contributed by atoms with van der Waals surface area (Å²) in [7, 11) is 1.62. The van der Waals surface area contributed by atoms with Gasteiger partial charge in [0.2, 0.25) is 5.91 Å². The van der Waals surface area contributed by atoms with Crippen LogP contribution in [0.3, 0.4) is 0 Å². The molecule has 0 radical (unpaired) electrons. The minimum atomic E-state index is -0.329. The van der Waals surface area contributed by atoms with Crippen LogP contribution in [0.15, 0.2) is 0 Å². The molecule has 1 amide bonds. The van der Waals surface area contributed by atoms with Gasteiger partial charge in [0.05, 0.1) is 6.10 Å². The number of rotatable bonds is 6. The van der Waals surface area contributed by atoms with Gasteiger partial charge in [0.1, 0.15) is 0 Å². The third-order valence-electron chi connectivity index (χ3n) is 1.93. The average molecular weight is 188 g/mol. The summed E-state index contributed by atoms with van der Waals surface area (Å²) >= 11 is 0. The quantitative estimate of drug-likeness (QED) is 0.503. The highest BCUT2D eigenvalue weighted by Gasteiger charge is 2.07. The molecule has 0 heterocycles. The molecule has 0 aromatic rings. The first-order chi connectivity index (χ1) is 6.07. The Morgan fingerprint density at radius 3 is 2.54 bits per heavy atom. The van der Waals surface area contributed by atoms with Crippen LogP contribution in [-0.4, -0.2) is 37.3 Å². The molecule has 4 nitrogen and oxygen atoms in total. The van der Waals surface area contributed by atoms with E-state index in [1.54, 1.807) is 7.05 Å². The number of amides is 1. The molecular weight excluding hydrogens is 168 g/mol. The van der Waals surface area contributed by atoms with E-state index >= 15 is 0 Å². The topological polar surface area (TPSA) is 61.4 Å². The fourth-order valence-corrected chi connectivity index (χ4v) is 0.813. The van der Waals surface area contributed by atoms with E-state index in [2.05, 4.69) is 10.6 Å². The van der Waals surface area contributed by atoms with Crippen molar-refractivity contribution in [3.05, 3.63) is 0 Å². The summed E-state index contributed by atoms with van der Waals surface area (Å²) in [5.41, 5.74) is 0. The highest BCUT2D eigenvalue weighted by Crippen LogP contribution is 1.98. The molecule has 0 aromatic heterocycles. The Balaban J connectivity index is 3.30. The Morgan fingerprint density at radius 1 is 1.46 bits per heavy atom. The monoisotopic (exact) mass is 188 g/mol. The minimum absolute atomic E-state index is 0.0199. The van der Waals surface area contributed by atoms with Crippen LogP contribution in [0.1, 0.15) is 20.3 Å². The Labute approximate surface area is 79.7 Å². The van der Waals surface area contributed by atoms with Gasteiger partial charge in [0, 0.05) is 26.6 Å². The zero-order valence-electron chi connectivity index (χ0n) is 8.63. The molecule has 13 heavy (non-hydrogen) atoms. The van der Waals surface area contributed by atoms with E-state index in [9.17, 15) is 9.90 Å². The summed E-state index contributed by atoms with van der Waals surface area (Å²) in [5, 5.41) is 14.9. The Morgan fingerprint density at radius 2 is 2.08 bits per heavy atom. The molecule has 0 aliphatic heterocycles. The van der Waals surface area contributed by atoms with Gasteiger partial charge in [0.15, 0.2) is 0 Å². The maximum Gasteiger partial charge on any atom is 0.221 e. The Kier molecular flexibility index (Phi) is 6.54. The van der Waals surface area contributed by atoms with Crippen LogP contribution in [0.5, 0.6) is 0 Å². The van der Waals surface area contributed by atoms with Crippen LogP contribution in [0.25, 0.3) is 0 Å². The second kappa shape index (κ2) is 6.86. The summed E-state index contributed by atoms with van der Waals surface area (Å²) in [6, 6.07) is 0. The second-order valence-electron chi connectivity index (χ2n) is 3.44. The predicted molar refractivity (Wildman–Crippen MR) is 52.4 cm³/mol. The Bertz CT molecular complexity index is 149. The maximum atomic E-state index is 10.8. The predicted octanol–water partition coefficient (Wildman–Crippen LogP) is -0.271. The zero-order chi connectivity index (χ0) is 10.3. The van der Waals surface area contributed by atoms with Gasteiger partial charge < -0.3 is 15.7 Å². The van der Waals surface area contributed by atoms with Crippen molar-refractivity contribution in [1.29, 1.82) is 0 Å². The third kappa shape index (κ3) is 6.54. The molecule has 4 heteroatoms. The third-order valence-corrected chi connectivity index (χ3v) is 1.93. The fraction of sp³-hybridized carbons (Fsp3) is 0.889. The standard InChI is InChI=1S/C9H20N2O2/c1-7(2)8(12)6-11-5-4-9(13)10-3/h7-8,11-12H,4-6H2,1-3H3,(H,10,13). The van der Waals surface area contributed by atoms with E-state index in [1.807, 2.05) is 13.8 Å². The minimum Gasteiger partial charge on any atom is -0.392 e. The molecular formula is C9H20N2O2. The van der Waals surface area contributed by atoms with E-state index < -0.39 is 0 Å². The lowest BCUT2D eigenvalue weighted by molar-refractivity contribution is -0.120. The van der Waals surface area contributed by atoms with Crippen LogP contribution < -0.4 is 10.6 Å². The van der Waals surface area contributed by atoms with Crippen LogP contribution >= 0.6 is 0 Å². The van der Waals surface area contributed by atoms with Crippen molar-refractivity contribution in [1.82, 2.24) is 10.6 Å². The summed E-state index contributed by atoms with van der Waals surface area (Å²) in [6.07, 6.45) is 0.131. The molecule has 0 rings (SSSR count). The molecule has 0 aromatic carbocycles. The number of carbonyl (C=O) groups is 1. The van der Waals surface area contributed by atoms with Crippen LogP contribution in [0, 0.1) is 5.92 Å². The first-order valence-corrected chi connectivity index (χ1v) is 4.67. The zero-order valence-corrected chi connectivity index (χ0v) is 8.63. The van der Waals surface area contributed by atoms with Crippen molar-refractivity contribution < 1.29 is 9.90 Å². The molecule has 3 N–H and O–H groups in total. The van der Waals surface area contributed by atoms with Gasteiger partial charge in [-0.25, -0.2) is 0 Å². The number of aliphatic hydroxyl groups excluding tert-OH is 1. The van der Waals surface area contributed by atoms with Crippen molar-refractivity contribution in [3.63, 3.8) is 0 Å². The van der Waals surface area contributed by atoms with Gasteiger partial charge in [-0.05, 0) is 5.92 Å². The first-order valence-electron chi connectivity index (χ1n) is 4.67.